The van der Waals surface area contributed by atoms with Crippen LogP contribution in [-0.4, -0.2) is 47.6 Å². The molecule has 0 radical (unpaired) electrons. The van der Waals surface area contributed by atoms with Crippen LogP contribution in [0.25, 0.3) is 0 Å². The third kappa shape index (κ3) is 6.31. The first kappa shape index (κ1) is 23.3. The van der Waals surface area contributed by atoms with Crippen LogP contribution in [0.5, 0.6) is 11.5 Å². The van der Waals surface area contributed by atoms with Crippen molar-refractivity contribution in [1.29, 1.82) is 0 Å². The number of carbonyl (C=O) groups excluding carboxylic acids is 1. The van der Waals surface area contributed by atoms with E-state index in [2.05, 4.69) is 34.0 Å². The molecule has 1 N–H and O–H groups in total. The minimum atomic E-state index is -0.260. The molecule has 8 nitrogen and oxygen atoms in total. The van der Waals surface area contributed by atoms with E-state index < -0.39 is 0 Å². The number of amides is 1. The Hall–Kier alpha value is -3.39. The second kappa shape index (κ2) is 11.3. The fraction of sp³-hybridized carbons (Fsp3) is 0.375. The van der Waals surface area contributed by atoms with Gasteiger partial charge in [0, 0.05) is 49.1 Å². The van der Waals surface area contributed by atoms with Gasteiger partial charge in [0.25, 0.3) is 5.91 Å². The molecule has 1 amide bonds. The average Bonchev–Trinajstić information content (AvgIpc) is 3.28. The Morgan fingerprint density at radius 1 is 1.16 bits per heavy atom. The van der Waals surface area contributed by atoms with Gasteiger partial charge in [-0.05, 0) is 32.0 Å². The molecule has 32 heavy (non-hydrogen) atoms. The SMILES string of the molecule is COc1ccc(CN(Cc2nc(C(=O)NCCc3ccccn3)co2)C(C)C)c(OC)c1. The van der Waals surface area contributed by atoms with Crippen molar-refractivity contribution in [3.05, 3.63) is 71.7 Å². The molecule has 0 unspecified atom stereocenters. The largest absolute Gasteiger partial charge is 0.497 e. The quantitative estimate of drug-likeness (QED) is 0.490. The first-order valence-electron chi connectivity index (χ1n) is 10.6. The Balaban J connectivity index is 1.60. The van der Waals surface area contributed by atoms with E-state index in [0.29, 0.717) is 31.9 Å². The van der Waals surface area contributed by atoms with Crippen molar-refractivity contribution >= 4 is 5.91 Å². The summed E-state index contributed by atoms with van der Waals surface area (Å²) in [6.45, 7) is 5.79. The number of oxazole rings is 1. The zero-order chi connectivity index (χ0) is 22.9. The summed E-state index contributed by atoms with van der Waals surface area (Å²) in [7, 11) is 3.27. The Kier molecular flexibility index (Phi) is 8.21. The molecule has 0 aliphatic rings. The number of benzene rings is 1. The fourth-order valence-electron chi connectivity index (χ4n) is 3.22. The summed E-state index contributed by atoms with van der Waals surface area (Å²) >= 11 is 0. The van der Waals surface area contributed by atoms with Crippen molar-refractivity contribution in [1.82, 2.24) is 20.2 Å². The molecule has 3 rings (SSSR count). The summed E-state index contributed by atoms with van der Waals surface area (Å²) in [4.78, 5) is 23.2. The number of aromatic nitrogens is 2. The number of rotatable bonds is 11. The molecule has 2 aromatic heterocycles. The van der Waals surface area contributed by atoms with E-state index in [1.165, 1.54) is 6.26 Å². The zero-order valence-electron chi connectivity index (χ0n) is 19.0. The Labute approximate surface area is 188 Å². The van der Waals surface area contributed by atoms with Crippen LogP contribution in [0.3, 0.4) is 0 Å². The number of hydrogen-bond acceptors (Lipinski definition) is 7. The lowest BCUT2D eigenvalue weighted by Gasteiger charge is -2.26. The van der Waals surface area contributed by atoms with Crippen LogP contribution in [0, 0.1) is 0 Å². The highest BCUT2D eigenvalue weighted by Gasteiger charge is 2.18. The lowest BCUT2D eigenvalue weighted by atomic mass is 10.1. The van der Waals surface area contributed by atoms with Crippen molar-refractivity contribution in [3.8, 4) is 11.5 Å². The molecular weight excluding hydrogens is 408 g/mol. The summed E-state index contributed by atoms with van der Waals surface area (Å²) < 4.78 is 16.4. The van der Waals surface area contributed by atoms with Crippen LogP contribution < -0.4 is 14.8 Å². The molecule has 0 atom stereocenters. The van der Waals surface area contributed by atoms with Gasteiger partial charge in [-0.2, -0.15) is 0 Å². The smallest absolute Gasteiger partial charge is 0.273 e. The van der Waals surface area contributed by atoms with Gasteiger partial charge in [0.2, 0.25) is 5.89 Å². The number of nitrogens with zero attached hydrogens (tertiary/aromatic N) is 3. The number of nitrogens with one attached hydrogen (secondary N) is 1. The Bertz CT molecular complexity index is 1000. The normalized spacial score (nSPS) is 11.1. The van der Waals surface area contributed by atoms with Crippen molar-refractivity contribution < 1.29 is 18.7 Å². The lowest BCUT2D eigenvalue weighted by molar-refractivity contribution is 0.0949. The van der Waals surface area contributed by atoms with Crippen LogP contribution in [0.2, 0.25) is 0 Å². The van der Waals surface area contributed by atoms with Gasteiger partial charge in [-0.15, -0.1) is 0 Å². The molecule has 0 aliphatic heterocycles. The number of ether oxygens (including phenoxy) is 2. The number of hydrogen-bond donors (Lipinski definition) is 1. The third-order valence-corrected chi connectivity index (χ3v) is 5.11. The van der Waals surface area contributed by atoms with Gasteiger partial charge in [-0.1, -0.05) is 12.1 Å². The monoisotopic (exact) mass is 438 g/mol. The van der Waals surface area contributed by atoms with E-state index in [0.717, 1.165) is 22.8 Å². The van der Waals surface area contributed by atoms with Gasteiger partial charge < -0.3 is 19.2 Å². The highest BCUT2D eigenvalue weighted by molar-refractivity contribution is 5.91. The van der Waals surface area contributed by atoms with E-state index in [9.17, 15) is 4.79 Å². The molecular formula is C24H30N4O4. The van der Waals surface area contributed by atoms with Crippen LogP contribution in [-0.2, 0) is 19.5 Å². The molecule has 8 heteroatoms. The Morgan fingerprint density at radius 2 is 2.00 bits per heavy atom. The molecule has 2 heterocycles. The second-order valence-electron chi connectivity index (χ2n) is 7.63. The van der Waals surface area contributed by atoms with Gasteiger partial charge in [0.05, 0.1) is 20.8 Å². The molecule has 1 aromatic carbocycles. The molecule has 0 aliphatic carbocycles. The maximum absolute atomic E-state index is 12.4. The molecule has 0 spiro atoms. The summed E-state index contributed by atoms with van der Waals surface area (Å²) in [5, 5.41) is 2.86. The second-order valence-corrected chi connectivity index (χ2v) is 7.63. The first-order valence-corrected chi connectivity index (χ1v) is 10.6. The van der Waals surface area contributed by atoms with Gasteiger partial charge in [0.15, 0.2) is 5.69 Å². The van der Waals surface area contributed by atoms with E-state index >= 15 is 0 Å². The summed E-state index contributed by atoms with van der Waals surface area (Å²) in [5.74, 6) is 1.73. The van der Waals surface area contributed by atoms with Crippen LogP contribution in [0.1, 0.15) is 41.5 Å². The van der Waals surface area contributed by atoms with Crippen molar-refractivity contribution in [2.75, 3.05) is 20.8 Å². The number of carbonyl (C=O) groups is 1. The van der Waals surface area contributed by atoms with Crippen LogP contribution in [0.4, 0.5) is 0 Å². The summed E-state index contributed by atoms with van der Waals surface area (Å²) in [6.07, 6.45) is 3.79. The molecule has 0 fully saturated rings. The summed E-state index contributed by atoms with van der Waals surface area (Å²) in [5.41, 5.74) is 2.22. The minimum absolute atomic E-state index is 0.226. The predicted octanol–water partition coefficient (Wildman–Crippen LogP) is 3.47. The van der Waals surface area contributed by atoms with Crippen LogP contribution >= 0.6 is 0 Å². The molecule has 0 saturated heterocycles. The minimum Gasteiger partial charge on any atom is -0.497 e. The van der Waals surface area contributed by atoms with Gasteiger partial charge in [-0.3, -0.25) is 14.7 Å². The zero-order valence-corrected chi connectivity index (χ0v) is 19.0. The lowest BCUT2D eigenvalue weighted by Crippen LogP contribution is -2.30. The van der Waals surface area contributed by atoms with Crippen LogP contribution in [0.15, 0.2) is 53.3 Å². The summed E-state index contributed by atoms with van der Waals surface area (Å²) in [6, 6.07) is 11.7. The van der Waals surface area contributed by atoms with E-state index in [-0.39, 0.29) is 17.6 Å². The maximum atomic E-state index is 12.4. The van der Waals surface area contributed by atoms with Crippen molar-refractivity contribution in [2.24, 2.45) is 0 Å². The Morgan fingerprint density at radius 3 is 2.69 bits per heavy atom. The average molecular weight is 439 g/mol. The highest BCUT2D eigenvalue weighted by atomic mass is 16.5. The van der Waals surface area contributed by atoms with Gasteiger partial charge >= 0.3 is 0 Å². The van der Waals surface area contributed by atoms with Gasteiger partial charge in [-0.25, -0.2) is 4.98 Å². The van der Waals surface area contributed by atoms with E-state index in [1.807, 2.05) is 36.4 Å². The van der Waals surface area contributed by atoms with Gasteiger partial charge in [0.1, 0.15) is 17.8 Å². The van der Waals surface area contributed by atoms with E-state index in [4.69, 9.17) is 13.9 Å². The fourth-order valence-corrected chi connectivity index (χ4v) is 3.22. The third-order valence-electron chi connectivity index (χ3n) is 5.11. The standard InChI is InChI=1S/C24H30N4O4/c1-17(2)28(14-18-8-9-20(30-3)13-22(18)31-4)15-23-27-21(16-32-23)24(29)26-12-10-19-7-5-6-11-25-19/h5-9,11,13,16-17H,10,12,14-15H2,1-4H3,(H,26,29). The topological polar surface area (TPSA) is 89.7 Å². The molecule has 3 aromatic rings. The van der Waals surface area contributed by atoms with Crippen molar-refractivity contribution in [3.63, 3.8) is 0 Å². The van der Waals surface area contributed by atoms with E-state index in [1.54, 1.807) is 20.4 Å². The predicted molar refractivity (Wildman–Crippen MR) is 121 cm³/mol. The molecule has 170 valence electrons. The molecule has 0 bridgehead atoms. The maximum Gasteiger partial charge on any atom is 0.273 e. The number of methoxy groups -OCH3 is 2. The van der Waals surface area contributed by atoms with Crippen molar-refractivity contribution in [2.45, 2.75) is 39.4 Å². The highest BCUT2D eigenvalue weighted by Crippen LogP contribution is 2.26. The number of pyridine rings is 1. The first-order chi connectivity index (χ1) is 15.5. The molecule has 0 saturated carbocycles.